The molecule has 2 aromatic rings. The highest BCUT2D eigenvalue weighted by Crippen LogP contribution is 2.38. The third-order valence-corrected chi connectivity index (χ3v) is 7.53. The van der Waals surface area contributed by atoms with Crippen LogP contribution in [-0.4, -0.2) is 28.7 Å². The third-order valence-electron chi connectivity index (χ3n) is 6.33. The van der Waals surface area contributed by atoms with E-state index in [1.54, 1.807) is 24.3 Å². The van der Waals surface area contributed by atoms with Gasteiger partial charge in [0.15, 0.2) is 0 Å². The second-order valence-electron chi connectivity index (χ2n) is 8.23. The Balaban J connectivity index is 1.67. The van der Waals surface area contributed by atoms with Gasteiger partial charge in [-0.15, -0.1) is 11.3 Å². The molecule has 7 heteroatoms. The average Bonchev–Trinajstić information content (AvgIpc) is 3.10. The number of imide groups is 1. The number of rotatable bonds is 5. The lowest BCUT2D eigenvalue weighted by molar-refractivity contribution is -0.121. The van der Waals surface area contributed by atoms with Gasteiger partial charge < -0.3 is 5.32 Å². The molecule has 1 N–H and O–H groups in total. The summed E-state index contributed by atoms with van der Waals surface area (Å²) < 4.78 is 0. The van der Waals surface area contributed by atoms with Crippen LogP contribution in [0.2, 0.25) is 0 Å². The number of amides is 3. The predicted octanol–water partition coefficient (Wildman–Crippen LogP) is 4.54. The van der Waals surface area contributed by atoms with E-state index in [9.17, 15) is 19.6 Å². The topological polar surface area (TPSA) is 90.3 Å². The normalized spacial score (nSPS) is 17.4. The van der Waals surface area contributed by atoms with Gasteiger partial charge in [0, 0.05) is 4.88 Å². The first kappa shape index (κ1) is 21.3. The number of hydrogen-bond acceptors (Lipinski definition) is 5. The molecular formula is C24H25N3O3S. The number of benzene rings is 1. The molecule has 0 spiro atoms. The highest BCUT2D eigenvalue weighted by Gasteiger charge is 2.44. The Morgan fingerprint density at radius 3 is 2.42 bits per heavy atom. The number of nitriles is 1. The minimum absolute atomic E-state index is 0.231. The first-order chi connectivity index (χ1) is 15.0. The summed E-state index contributed by atoms with van der Waals surface area (Å²) in [6.07, 6.45) is 5.64. The van der Waals surface area contributed by atoms with Crippen LogP contribution in [0.15, 0.2) is 24.3 Å². The predicted molar refractivity (Wildman–Crippen MR) is 119 cm³/mol. The number of carbonyl (C=O) groups excluding carboxylic acids is 3. The van der Waals surface area contributed by atoms with Crippen molar-refractivity contribution in [3.05, 3.63) is 51.4 Å². The Morgan fingerprint density at radius 2 is 1.81 bits per heavy atom. The van der Waals surface area contributed by atoms with Crippen LogP contribution in [0.25, 0.3) is 0 Å². The summed E-state index contributed by atoms with van der Waals surface area (Å²) in [6, 6.07) is 7.99. The quantitative estimate of drug-likeness (QED) is 0.551. The highest BCUT2D eigenvalue weighted by atomic mass is 32.1. The molecule has 2 atom stereocenters. The van der Waals surface area contributed by atoms with E-state index in [-0.39, 0.29) is 5.92 Å². The van der Waals surface area contributed by atoms with E-state index in [1.807, 2.05) is 13.8 Å². The van der Waals surface area contributed by atoms with Crippen molar-refractivity contribution in [1.82, 2.24) is 4.90 Å². The number of fused-ring (bicyclic) bond motifs is 2. The molecule has 0 saturated carbocycles. The summed E-state index contributed by atoms with van der Waals surface area (Å²) in [4.78, 5) is 41.7. The lowest BCUT2D eigenvalue weighted by Crippen LogP contribution is -2.50. The van der Waals surface area contributed by atoms with Crippen LogP contribution in [0.5, 0.6) is 0 Å². The van der Waals surface area contributed by atoms with Crippen LogP contribution in [0.4, 0.5) is 5.00 Å². The van der Waals surface area contributed by atoms with E-state index < -0.39 is 23.8 Å². The molecule has 3 amide bonds. The van der Waals surface area contributed by atoms with E-state index >= 15 is 0 Å². The van der Waals surface area contributed by atoms with Gasteiger partial charge in [-0.2, -0.15) is 5.26 Å². The molecule has 2 heterocycles. The molecule has 1 aliphatic carbocycles. The lowest BCUT2D eigenvalue weighted by Gasteiger charge is -2.29. The number of nitrogens with zero attached hydrogens (tertiary/aromatic N) is 2. The van der Waals surface area contributed by atoms with E-state index in [4.69, 9.17) is 0 Å². The first-order valence-corrected chi connectivity index (χ1v) is 11.6. The number of anilines is 1. The fourth-order valence-electron chi connectivity index (χ4n) is 4.45. The molecule has 31 heavy (non-hydrogen) atoms. The molecule has 160 valence electrons. The van der Waals surface area contributed by atoms with Crippen molar-refractivity contribution in [2.75, 3.05) is 5.32 Å². The molecule has 0 unspecified atom stereocenters. The van der Waals surface area contributed by atoms with Gasteiger partial charge in [-0.25, -0.2) is 0 Å². The molecule has 1 aromatic carbocycles. The van der Waals surface area contributed by atoms with Crippen LogP contribution in [0.3, 0.4) is 0 Å². The molecule has 1 aliphatic heterocycles. The Kier molecular flexibility index (Phi) is 5.92. The molecule has 2 aliphatic rings. The molecule has 0 bridgehead atoms. The van der Waals surface area contributed by atoms with Gasteiger partial charge in [0.05, 0.1) is 16.7 Å². The van der Waals surface area contributed by atoms with Crippen molar-refractivity contribution in [2.24, 2.45) is 5.92 Å². The fourth-order valence-corrected chi connectivity index (χ4v) is 5.69. The molecule has 0 saturated heterocycles. The monoisotopic (exact) mass is 435 g/mol. The van der Waals surface area contributed by atoms with Gasteiger partial charge in [-0.3, -0.25) is 19.3 Å². The second-order valence-corrected chi connectivity index (χ2v) is 9.33. The van der Waals surface area contributed by atoms with Crippen molar-refractivity contribution in [3.63, 3.8) is 0 Å². The van der Waals surface area contributed by atoms with Crippen molar-refractivity contribution in [3.8, 4) is 6.07 Å². The summed E-state index contributed by atoms with van der Waals surface area (Å²) in [5.41, 5.74) is 2.23. The van der Waals surface area contributed by atoms with Gasteiger partial charge >= 0.3 is 0 Å². The molecular weight excluding hydrogens is 410 g/mol. The Morgan fingerprint density at radius 1 is 1.16 bits per heavy atom. The molecule has 0 fully saturated rings. The van der Waals surface area contributed by atoms with Crippen LogP contribution >= 0.6 is 11.3 Å². The zero-order valence-electron chi connectivity index (χ0n) is 17.7. The van der Waals surface area contributed by atoms with Crippen molar-refractivity contribution < 1.29 is 14.4 Å². The first-order valence-electron chi connectivity index (χ1n) is 10.8. The Labute approximate surface area is 185 Å². The van der Waals surface area contributed by atoms with Crippen molar-refractivity contribution in [2.45, 2.75) is 58.4 Å². The summed E-state index contributed by atoms with van der Waals surface area (Å²) >= 11 is 1.45. The van der Waals surface area contributed by atoms with Crippen molar-refractivity contribution >= 4 is 34.1 Å². The van der Waals surface area contributed by atoms with Crippen LogP contribution in [-0.2, 0) is 17.6 Å². The minimum atomic E-state index is -0.939. The number of carbonyl (C=O) groups is 3. The largest absolute Gasteiger partial charge is 0.315 e. The molecule has 4 rings (SSSR count). The van der Waals surface area contributed by atoms with E-state index in [0.29, 0.717) is 28.1 Å². The van der Waals surface area contributed by atoms with Gasteiger partial charge in [0.25, 0.3) is 11.8 Å². The zero-order chi connectivity index (χ0) is 22.1. The van der Waals surface area contributed by atoms with E-state index in [1.165, 1.54) is 11.3 Å². The number of nitrogens with one attached hydrogen (secondary N) is 1. The Hall–Kier alpha value is -2.98. The van der Waals surface area contributed by atoms with Crippen LogP contribution in [0.1, 0.15) is 76.3 Å². The summed E-state index contributed by atoms with van der Waals surface area (Å²) in [5, 5.41) is 13.2. The van der Waals surface area contributed by atoms with Gasteiger partial charge in [-0.05, 0) is 49.3 Å². The average molecular weight is 436 g/mol. The smallest absolute Gasteiger partial charge is 0.262 e. The van der Waals surface area contributed by atoms with Crippen molar-refractivity contribution in [1.29, 1.82) is 5.26 Å². The van der Waals surface area contributed by atoms with Crippen LogP contribution in [0, 0.1) is 17.2 Å². The summed E-state index contributed by atoms with van der Waals surface area (Å²) in [7, 11) is 0. The maximum Gasteiger partial charge on any atom is 0.262 e. The Bertz CT molecular complexity index is 1060. The maximum atomic E-state index is 13.4. The SMILES string of the molecule is CC[C@H](C)[C@@H](C(=O)Nc1sc2c(c1C#N)CCCCC2)N1C(=O)c2ccccc2C1=O. The summed E-state index contributed by atoms with van der Waals surface area (Å²) in [6.45, 7) is 3.79. The minimum Gasteiger partial charge on any atom is -0.315 e. The molecule has 6 nitrogen and oxygen atoms in total. The second kappa shape index (κ2) is 8.64. The molecule has 0 radical (unpaired) electrons. The highest BCUT2D eigenvalue weighted by molar-refractivity contribution is 7.16. The summed E-state index contributed by atoms with van der Waals surface area (Å²) in [5.74, 6) is -1.53. The zero-order valence-corrected chi connectivity index (χ0v) is 18.6. The number of thiophene rings is 1. The lowest BCUT2D eigenvalue weighted by atomic mass is 9.96. The van der Waals surface area contributed by atoms with Gasteiger partial charge in [-0.1, -0.05) is 38.8 Å². The fraction of sp³-hybridized carbons (Fsp3) is 0.417. The standard InChI is InChI=1S/C24H25N3O3S/c1-3-14(2)20(27-23(29)16-10-7-8-11-17(16)24(27)30)21(28)26-22-18(13-25)15-9-5-4-6-12-19(15)31-22/h7-8,10-11,14,20H,3-6,9,12H2,1-2H3,(H,26,28)/t14-,20-/m0/s1. The number of aryl methyl sites for hydroxylation is 1. The van der Waals surface area contributed by atoms with Gasteiger partial charge in [0.1, 0.15) is 17.1 Å². The number of hydrogen-bond donors (Lipinski definition) is 1. The van der Waals surface area contributed by atoms with E-state index in [0.717, 1.165) is 47.4 Å². The third kappa shape index (κ3) is 3.66. The van der Waals surface area contributed by atoms with Crippen LogP contribution < -0.4 is 5.32 Å². The molecule has 1 aromatic heterocycles. The maximum absolute atomic E-state index is 13.4. The van der Waals surface area contributed by atoms with E-state index in [2.05, 4.69) is 11.4 Å². The van der Waals surface area contributed by atoms with Gasteiger partial charge in [0.2, 0.25) is 5.91 Å².